The molecule has 8 nitrogen and oxygen atoms in total. The molecule has 2 fully saturated rings. The van der Waals surface area contributed by atoms with E-state index >= 15 is 0 Å². The van der Waals surface area contributed by atoms with Crippen LogP contribution in [0.2, 0.25) is 0 Å². The van der Waals surface area contributed by atoms with Crippen LogP contribution in [0, 0.1) is 5.41 Å². The zero-order valence-corrected chi connectivity index (χ0v) is 14.6. The van der Waals surface area contributed by atoms with Crippen molar-refractivity contribution in [1.29, 1.82) is 0 Å². The maximum Gasteiger partial charge on any atom is 0.274 e. The zero-order valence-electron chi connectivity index (χ0n) is 14.6. The van der Waals surface area contributed by atoms with Crippen molar-refractivity contribution in [3.05, 3.63) is 42.7 Å². The van der Waals surface area contributed by atoms with Gasteiger partial charge in [0.05, 0.1) is 19.4 Å². The van der Waals surface area contributed by atoms with Gasteiger partial charge < -0.3 is 14.5 Å². The molecule has 8 heteroatoms. The van der Waals surface area contributed by atoms with E-state index in [1.807, 2.05) is 11.0 Å². The van der Waals surface area contributed by atoms with Gasteiger partial charge in [-0.3, -0.25) is 9.78 Å². The highest BCUT2D eigenvalue weighted by Gasteiger charge is 2.41. The summed E-state index contributed by atoms with van der Waals surface area (Å²) in [6, 6.07) is 1.81. The van der Waals surface area contributed by atoms with Gasteiger partial charge in [-0.15, -0.1) is 0 Å². The highest BCUT2D eigenvalue weighted by molar-refractivity contribution is 5.92. The van der Waals surface area contributed by atoms with Crippen molar-refractivity contribution in [2.24, 2.45) is 5.41 Å². The first kappa shape index (κ1) is 16.8. The summed E-state index contributed by atoms with van der Waals surface area (Å²) in [6.45, 7) is 4.19. The predicted molar refractivity (Wildman–Crippen MR) is 94.7 cm³/mol. The average molecular weight is 354 g/mol. The van der Waals surface area contributed by atoms with Crippen LogP contribution < -0.4 is 4.90 Å². The Kier molecular flexibility index (Phi) is 4.75. The Hall–Kier alpha value is -2.61. The Balaban J connectivity index is 1.53. The van der Waals surface area contributed by atoms with Crippen LogP contribution in [-0.2, 0) is 4.74 Å². The van der Waals surface area contributed by atoms with Crippen molar-refractivity contribution in [2.45, 2.75) is 12.8 Å². The van der Waals surface area contributed by atoms with Gasteiger partial charge in [0.25, 0.3) is 5.91 Å². The van der Waals surface area contributed by atoms with Crippen LogP contribution in [0.4, 0.5) is 5.95 Å². The van der Waals surface area contributed by atoms with Gasteiger partial charge in [0.15, 0.2) is 0 Å². The fraction of sp³-hybridized carbons (Fsp3) is 0.500. The zero-order chi connectivity index (χ0) is 17.8. The second-order valence-electron chi connectivity index (χ2n) is 6.94. The number of nitrogens with zero attached hydrogens (tertiary/aromatic N) is 6. The molecule has 2 aromatic rings. The van der Waals surface area contributed by atoms with Crippen LogP contribution in [0.25, 0.3) is 0 Å². The molecule has 0 saturated carbocycles. The maximum atomic E-state index is 12.8. The third-order valence-electron chi connectivity index (χ3n) is 5.01. The molecule has 1 atom stereocenters. The number of anilines is 1. The van der Waals surface area contributed by atoms with E-state index < -0.39 is 0 Å². The van der Waals surface area contributed by atoms with Gasteiger partial charge in [0.2, 0.25) is 5.95 Å². The SMILES string of the molecule is O=C(c1cnccn1)N1CCC[C@]2(COCCN(c3ncccn3)C2)C1. The molecule has 4 heterocycles. The number of amides is 1. The topological polar surface area (TPSA) is 84.3 Å². The van der Waals surface area contributed by atoms with Crippen molar-refractivity contribution in [3.8, 4) is 0 Å². The molecular formula is C18H22N6O2. The molecule has 2 aliphatic rings. The quantitative estimate of drug-likeness (QED) is 0.796. The smallest absolute Gasteiger partial charge is 0.274 e. The molecule has 0 N–H and O–H groups in total. The van der Waals surface area contributed by atoms with Crippen molar-refractivity contribution in [2.75, 3.05) is 44.3 Å². The minimum Gasteiger partial charge on any atom is -0.379 e. The summed E-state index contributed by atoms with van der Waals surface area (Å²) in [4.78, 5) is 33.8. The Bertz CT molecular complexity index is 744. The van der Waals surface area contributed by atoms with Gasteiger partial charge in [-0.25, -0.2) is 15.0 Å². The summed E-state index contributed by atoms with van der Waals surface area (Å²) in [7, 11) is 0. The molecule has 0 bridgehead atoms. The molecule has 2 aliphatic heterocycles. The molecule has 136 valence electrons. The van der Waals surface area contributed by atoms with Crippen LogP contribution in [0.3, 0.4) is 0 Å². The van der Waals surface area contributed by atoms with E-state index in [1.165, 1.54) is 6.20 Å². The summed E-state index contributed by atoms with van der Waals surface area (Å²) >= 11 is 0. The minimum absolute atomic E-state index is 0.0658. The second kappa shape index (κ2) is 7.33. The molecule has 0 radical (unpaired) electrons. The van der Waals surface area contributed by atoms with Gasteiger partial charge in [-0.2, -0.15) is 0 Å². The van der Waals surface area contributed by atoms with Gasteiger partial charge in [0.1, 0.15) is 5.69 Å². The van der Waals surface area contributed by atoms with Crippen molar-refractivity contribution in [3.63, 3.8) is 0 Å². The van der Waals surface area contributed by atoms with Crippen LogP contribution in [0.1, 0.15) is 23.3 Å². The van der Waals surface area contributed by atoms with E-state index in [0.29, 0.717) is 25.5 Å². The maximum absolute atomic E-state index is 12.8. The van der Waals surface area contributed by atoms with E-state index in [0.717, 1.165) is 38.4 Å². The number of carbonyl (C=O) groups is 1. The molecule has 2 saturated heterocycles. The Labute approximate surface area is 152 Å². The third-order valence-corrected chi connectivity index (χ3v) is 5.01. The van der Waals surface area contributed by atoms with Crippen LogP contribution >= 0.6 is 0 Å². The highest BCUT2D eigenvalue weighted by Crippen LogP contribution is 2.34. The summed E-state index contributed by atoms with van der Waals surface area (Å²) in [5, 5.41) is 0. The number of aromatic nitrogens is 4. The average Bonchev–Trinajstić information content (AvgIpc) is 2.91. The number of piperidine rings is 1. The first-order valence-electron chi connectivity index (χ1n) is 8.91. The number of ether oxygens (including phenoxy) is 1. The minimum atomic E-state index is -0.119. The second-order valence-corrected chi connectivity index (χ2v) is 6.94. The van der Waals surface area contributed by atoms with Crippen LogP contribution in [0.5, 0.6) is 0 Å². The van der Waals surface area contributed by atoms with E-state index in [-0.39, 0.29) is 11.3 Å². The molecule has 1 spiro atoms. The molecule has 1 amide bonds. The molecule has 0 unspecified atom stereocenters. The fourth-order valence-electron chi connectivity index (χ4n) is 3.82. The lowest BCUT2D eigenvalue weighted by atomic mass is 9.80. The Morgan fingerprint density at radius 2 is 1.96 bits per heavy atom. The molecule has 4 rings (SSSR count). The molecule has 0 aromatic carbocycles. The van der Waals surface area contributed by atoms with Crippen molar-refractivity contribution >= 4 is 11.9 Å². The van der Waals surface area contributed by atoms with Gasteiger partial charge in [-0.1, -0.05) is 0 Å². The third kappa shape index (κ3) is 3.50. The molecule has 0 aliphatic carbocycles. The summed E-state index contributed by atoms with van der Waals surface area (Å²) in [6.07, 6.45) is 10.1. The fourth-order valence-corrected chi connectivity index (χ4v) is 3.82. The van der Waals surface area contributed by atoms with E-state index in [9.17, 15) is 4.79 Å². The number of carbonyl (C=O) groups excluding carboxylic acids is 1. The summed E-state index contributed by atoms with van der Waals surface area (Å²) in [5.74, 6) is 0.652. The lowest BCUT2D eigenvalue weighted by molar-refractivity contribution is 0.0132. The van der Waals surface area contributed by atoms with Gasteiger partial charge in [0, 0.05) is 56.4 Å². The standard InChI is InChI=1S/C18H22N6O2/c25-16(15-11-19-6-7-20-15)23-8-1-3-18(12-23)13-24(9-10-26-14-18)17-21-4-2-5-22-17/h2,4-7,11H,1,3,8-10,12-14H2/t18-/m0/s1. The van der Waals surface area contributed by atoms with Crippen LogP contribution in [0.15, 0.2) is 37.1 Å². The molecule has 2 aromatic heterocycles. The summed E-state index contributed by atoms with van der Waals surface area (Å²) in [5.41, 5.74) is 0.272. The predicted octanol–water partition coefficient (Wildman–Crippen LogP) is 1.03. The van der Waals surface area contributed by atoms with E-state index in [1.54, 1.807) is 24.8 Å². The molecule has 26 heavy (non-hydrogen) atoms. The summed E-state index contributed by atoms with van der Waals surface area (Å²) < 4.78 is 5.91. The first-order valence-corrected chi connectivity index (χ1v) is 8.91. The Morgan fingerprint density at radius 3 is 2.77 bits per heavy atom. The highest BCUT2D eigenvalue weighted by atomic mass is 16.5. The lowest BCUT2D eigenvalue weighted by Gasteiger charge is -2.43. The van der Waals surface area contributed by atoms with E-state index in [2.05, 4.69) is 24.8 Å². The van der Waals surface area contributed by atoms with E-state index in [4.69, 9.17) is 4.74 Å². The number of hydrogen-bond donors (Lipinski definition) is 0. The Morgan fingerprint density at radius 1 is 1.08 bits per heavy atom. The lowest BCUT2D eigenvalue weighted by Crippen LogP contribution is -2.52. The number of rotatable bonds is 2. The normalized spacial score (nSPS) is 23.7. The molecular weight excluding hydrogens is 332 g/mol. The van der Waals surface area contributed by atoms with Crippen molar-refractivity contribution in [1.82, 2.24) is 24.8 Å². The van der Waals surface area contributed by atoms with Gasteiger partial charge in [-0.05, 0) is 18.9 Å². The van der Waals surface area contributed by atoms with Gasteiger partial charge >= 0.3 is 0 Å². The number of likely N-dealkylation sites (tertiary alicyclic amines) is 1. The largest absolute Gasteiger partial charge is 0.379 e. The first-order chi connectivity index (χ1) is 12.8. The number of hydrogen-bond acceptors (Lipinski definition) is 7. The van der Waals surface area contributed by atoms with Crippen molar-refractivity contribution < 1.29 is 9.53 Å². The van der Waals surface area contributed by atoms with Crippen LogP contribution in [-0.4, -0.2) is 70.1 Å². The monoisotopic (exact) mass is 354 g/mol.